The summed E-state index contributed by atoms with van der Waals surface area (Å²) in [5.74, 6) is -1.12. The van der Waals surface area contributed by atoms with E-state index < -0.39 is 23.7 Å². The maximum atomic E-state index is 12.7. The van der Waals surface area contributed by atoms with Gasteiger partial charge in [0.05, 0.1) is 18.1 Å². The molecular weight excluding hydrogens is 411 g/mol. The van der Waals surface area contributed by atoms with Crippen molar-refractivity contribution in [1.82, 2.24) is 20.6 Å². The van der Waals surface area contributed by atoms with Crippen molar-refractivity contribution in [2.75, 3.05) is 18.0 Å². The Morgan fingerprint density at radius 1 is 1.06 bits per heavy atom. The van der Waals surface area contributed by atoms with Gasteiger partial charge in [0.25, 0.3) is 0 Å². The third kappa shape index (κ3) is 6.95. The van der Waals surface area contributed by atoms with Crippen molar-refractivity contribution in [3.63, 3.8) is 0 Å². The van der Waals surface area contributed by atoms with Gasteiger partial charge in [0.1, 0.15) is 5.60 Å². The second-order valence-electron chi connectivity index (χ2n) is 9.36. The van der Waals surface area contributed by atoms with Gasteiger partial charge in [-0.3, -0.25) is 0 Å². The number of hydrogen-bond acceptors (Lipinski definition) is 6. The van der Waals surface area contributed by atoms with E-state index in [0.29, 0.717) is 12.2 Å². The summed E-state index contributed by atoms with van der Waals surface area (Å²) < 4.78 is 43.6. The van der Waals surface area contributed by atoms with Crippen LogP contribution < -0.4 is 15.5 Å². The average Bonchev–Trinajstić information content (AvgIpc) is 2.68. The number of anilines is 1. The lowest BCUT2D eigenvalue weighted by atomic mass is 9.89. The summed E-state index contributed by atoms with van der Waals surface area (Å²) in [5, 5.41) is 6.69. The molecule has 2 N–H and O–H groups in total. The molecule has 2 fully saturated rings. The number of rotatable bonds is 4. The monoisotopic (exact) mass is 443 g/mol. The zero-order chi connectivity index (χ0) is 22.6. The highest BCUT2D eigenvalue weighted by molar-refractivity contribution is 5.68. The number of nitrogens with zero attached hydrogens (tertiary/aromatic N) is 3. The number of ether oxygens (including phenoxy) is 1. The standard InChI is InChI=1S/C21H32F3N5O2/c1-20(2,3)31-19(30)28-17-9-5-4-8-16(17)27-14-7-6-10-29(13-14)15-11-25-18(26-12-15)21(22,23)24/h11-12,14,16-17,27H,4-10,13H2,1-3H3,(H,28,30)/t14-,16+,17+/m0/s1. The molecule has 1 saturated carbocycles. The normalized spacial score (nSPS) is 25.2. The Bertz CT molecular complexity index is 736. The van der Waals surface area contributed by atoms with E-state index in [0.717, 1.165) is 45.1 Å². The van der Waals surface area contributed by atoms with Crippen molar-refractivity contribution >= 4 is 11.8 Å². The molecule has 174 valence electrons. The number of piperidine rings is 1. The second kappa shape index (κ2) is 9.58. The van der Waals surface area contributed by atoms with Crippen LogP contribution >= 0.6 is 0 Å². The molecule has 3 rings (SSSR count). The summed E-state index contributed by atoms with van der Waals surface area (Å²) in [6.45, 7) is 6.92. The summed E-state index contributed by atoms with van der Waals surface area (Å²) in [4.78, 5) is 21.2. The van der Waals surface area contributed by atoms with Crippen LogP contribution in [-0.4, -0.2) is 52.9 Å². The Morgan fingerprint density at radius 2 is 1.71 bits per heavy atom. The Labute approximate surface area is 181 Å². The van der Waals surface area contributed by atoms with Gasteiger partial charge in [-0.1, -0.05) is 12.8 Å². The first-order chi connectivity index (χ1) is 14.5. The molecule has 1 saturated heterocycles. The van der Waals surface area contributed by atoms with Gasteiger partial charge in [-0.2, -0.15) is 13.2 Å². The Hall–Kier alpha value is -2.10. The predicted molar refractivity (Wildman–Crippen MR) is 111 cm³/mol. The molecule has 2 heterocycles. The van der Waals surface area contributed by atoms with Crippen LogP contribution in [0.15, 0.2) is 12.4 Å². The van der Waals surface area contributed by atoms with Gasteiger partial charge in [0.15, 0.2) is 0 Å². The molecule has 1 aromatic rings. The topological polar surface area (TPSA) is 79.4 Å². The second-order valence-corrected chi connectivity index (χ2v) is 9.36. The van der Waals surface area contributed by atoms with Gasteiger partial charge in [0.2, 0.25) is 5.82 Å². The fraction of sp³-hybridized carbons (Fsp3) is 0.762. The molecule has 0 aromatic carbocycles. The van der Waals surface area contributed by atoms with Gasteiger partial charge in [0, 0.05) is 31.2 Å². The SMILES string of the molecule is CC(C)(C)OC(=O)N[C@@H]1CCCC[C@H]1N[C@H]1CCCN(c2cnc(C(F)(F)F)nc2)C1. The minimum atomic E-state index is -4.54. The van der Waals surface area contributed by atoms with Gasteiger partial charge in [-0.25, -0.2) is 14.8 Å². The largest absolute Gasteiger partial charge is 0.451 e. The molecule has 0 spiro atoms. The smallest absolute Gasteiger partial charge is 0.444 e. The lowest BCUT2D eigenvalue weighted by molar-refractivity contribution is -0.145. The number of alkyl carbamates (subject to hydrolysis) is 1. The first kappa shape index (κ1) is 23.6. The number of hydrogen-bond donors (Lipinski definition) is 2. The van der Waals surface area contributed by atoms with Crippen LogP contribution in [0.5, 0.6) is 0 Å². The van der Waals surface area contributed by atoms with Crippen molar-refractivity contribution in [2.24, 2.45) is 0 Å². The average molecular weight is 444 g/mol. The van der Waals surface area contributed by atoms with E-state index in [1.165, 1.54) is 12.4 Å². The molecule has 7 nitrogen and oxygen atoms in total. The highest BCUT2D eigenvalue weighted by Gasteiger charge is 2.35. The zero-order valence-electron chi connectivity index (χ0n) is 18.3. The summed E-state index contributed by atoms with van der Waals surface area (Å²) in [6, 6.07) is 0.297. The first-order valence-electron chi connectivity index (χ1n) is 10.9. The molecule has 31 heavy (non-hydrogen) atoms. The highest BCUT2D eigenvalue weighted by Crippen LogP contribution is 2.27. The zero-order valence-corrected chi connectivity index (χ0v) is 18.3. The quantitative estimate of drug-likeness (QED) is 0.735. The summed E-state index contributed by atoms with van der Waals surface area (Å²) in [5.41, 5.74) is 0.0431. The number of nitrogens with one attached hydrogen (secondary N) is 2. The Balaban J connectivity index is 1.58. The maximum absolute atomic E-state index is 12.7. The molecule has 1 aliphatic heterocycles. The summed E-state index contributed by atoms with van der Waals surface area (Å²) in [6.07, 6.45) is 3.41. The number of carbonyl (C=O) groups is 1. The van der Waals surface area contributed by atoms with E-state index >= 15 is 0 Å². The Kier molecular flexibility index (Phi) is 7.28. The predicted octanol–water partition coefficient (Wildman–Crippen LogP) is 3.89. The van der Waals surface area contributed by atoms with Crippen molar-refractivity contribution in [3.8, 4) is 0 Å². The van der Waals surface area contributed by atoms with Crippen LogP contribution in [0.1, 0.15) is 65.1 Å². The number of aromatic nitrogens is 2. The highest BCUT2D eigenvalue weighted by atomic mass is 19.4. The first-order valence-corrected chi connectivity index (χ1v) is 10.9. The molecule has 2 aliphatic rings. The lowest BCUT2D eigenvalue weighted by Gasteiger charge is -2.40. The summed E-state index contributed by atoms with van der Waals surface area (Å²) >= 11 is 0. The molecule has 0 bridgehead atoms. The maximum Gasteiger partial charge on any atom is 0.451 e. The fourth-order valence-corrected chi connectivity index (χ4v) is 4.24. The van der Waals surface area contributed by atoms with Crippen molar-refractivity contribution in [3.05, 3.63) is 18.2 Å². The molecule has 0 unspecified atom stereocenters. The van der Waals surface area contributed by atoms with Crippen LogP contribution in [0.2, 0.25) is 0 Å². The van der Waals surface area contributed by atoms with E-state index in [9.17, 15) is 18.0 Å². The van der Waals surface area contributed by atoms with Gasteiger partial charge in [-0.05, 0) is 46.5 Å². The molecule has 1 aliphatic carbocycles. The fourth-order valence-electron chi connectivity index (χ4n) is 4.24. The summed E-state index contributed by atoms with van der Waals surface area (Å²) in [7, 11) is 0. The number of amides is 1. The van der Waals surface area contributed by atoms with E-state index in [4.69, 9.17) is 4.74 Å². The van der Waals surface area contributed by atoms with Crippen LogP contribution in [-0.2, 0) is 10.9 Å². The van der Waals surface area contributed by atoms with E-state index in [2.05, 4.69) is 20.6 Å². The molecule has 1 amide bonds. The van der Waals surface area contributed by atoms with Gasteiger partial charge in [-0.15, -0.1) is 0 Å². The number of alkyl halides is 3. The molecular formula is C21H32F3N5O2. The number of carbonyl (C=O) groups excluding carboxylic acids is 1. The third-order valence-corrected chi connectivity index (χ3v) is 5.60. The van der Waals surface area contributed by atoms with Crippen molar-refractivity contribution in [2.45, 2.75) is 89.2 Å². The molecule has 1 aromatic heterocycles. The third-order valence-electron chi connectivity index (χ3n) is 5.60. The minimum Gasteiger partial charge on any atom is -0.444 e. The van der Waals surface area contributed by atoms with Crippen LogP contribution in [0.4, 0.5) is 23.7 Å². The van der Waals surface area contributed by atoms with Crippen molar-refractivity contribution < 1.29 is 22.7 Å². The molecule has 3 atom stereocenters. The van der Waals surface area contributed by atoms with E-state index in [1.807, 2.05) is 25.7 Å². The molecule has 10 heteroatoms. The van der Waals surface area contributed by atoms with Crippen molar-refractivity contribution in [1.29, 1.82) is 0 Å². The van der Waals surface area contributed by atoms with E-state index in [1.54, 1.807) is 0 Å². The van der Waals surface area contributed by atoms with Crippen LogP contribution in [0.3, 0.4) is 0 Å². The van der Waals surface area contributed by atoms with Gasteiger partial charge < -0.3 is 20.3 Å². The van der Waals surface area contributed by atoms with E-state index in [-0.39, 0.29) is 18.1 Å². The van der Waals surface area contributed by atoms with Gasteiger partial charge >= 0.3 is 12.3 Å². The van der Waals surface area contributed by atoms with Crippen LogP contribution in [0.25, 0.3) is 0 Å². The number of halogens is 3. The lowest BCUT2D eigenvalue weighted by Crippen LogP contribution is -2.57. The molecule has 0 radical (unpaired) electrons. The minimum absolute atomic E-state index is 0.00613. The van der Waals surface area contributed by atoms with Crippen LogP contribution in [0, 0.1) is 0 Å². The Morgan fingerprint density at radius 3 is 2.32 bits per heavy atom.